The van der Waals surface area contributed by atoms with E-state index in [1.54, 1.807) is 18.2 Å². The lowest BCUT2D eigenvalue weighted by Gasteiger charge is -2.16. The molecule has 3 rings (SSSR count). The summed E-state index contributed by atoms with van der Waals surface area (Å²) < 4.78 is 40.0. The summed E-state index contributed by atoms with van der Waals surface area (Å²) in [5.41, 5.74) is -0.550. The normalized spacial score (nSPS) is 10.9. The number of carboxylic acids is 1. The third kappa shape index (κ3) is 6.30. The van der Waals surface area contributed by atoms with E-state index in [2.05, 4.69) is 31.9 Å². The molecular formula is C22H15BrF3N3O3S. The fourth-order valence-corrected chi connectivity index (χ4v) is 3.45. The van der Waals surface area contributed by atoms with Crippen LogP contribution in [-0.2, 0) is 6.18 Å². The summed E-state index contributed by atoms with van der Waals surface area (Å²) in [6, 6.07) is 15.3. The Kier molecular flexibility index (Phi) is 7.34. The highest BCUT2D eigenvalue weighted by atomic mass is 79.9. The molecule has 0 spiro atoms. The second kappa shape index (κ2) is 10.0. The number of anilines is 3. The van der Waals surface area contributed by atoms with E-state index in [4.69, 9.17) is 12.2 Å². The molecule has 0 fully saturated rings. The first-order valence-corrected chi connectivity index (χ1v) is 10.4. The molecule has 0 bridgehead atoms. The smallest absolute Gasteiger partial charge is 0.418 e. The molecule has 0 aliphatic rings. The van der Waals surface area contributed by atoms with Crippen LogP contribution in [0, 0.1) is 0 Å². The first-order valence-electron chi connectivity index (χ1n) is 9.23. The molecule has 0 heterocycles. The van der Waals surface area contributed by atoms with E-state index in [0.29, 0.717) is 10.2 Å². The van der Waals surface area contributed by atoms with Crippen molar-refractivity contribution in [1.29, 1.82) is 0 Å². The fourth-order valence-electron chi connectivity index (χ4n) is 2.86. The van der Waals surface area contributed by atoms with Crippen molar-refractivity contribution in [3.8, 4) is 0 Å². The van der Waals surface area contributed by atoms with Crippen LogP contribution in [0.2, 0.25) is 0 Å². The predicted molar refractivity (Wildman–Crippen MR) is 127 cm³/mol. The van der Waals surface area contributed by atoms with Gasteiger partial charge in [0.1, 0.15) is 0 Å². The lowest BCUT2D eigenvalue weighted by Crippen LogP contribution is -2.22. The summed E-state index contributed by atoms with van der Waals surface area (Å²) in [5, 5.41) is 17.0. The first-order chi connectivity index (χ1) is 15.5. The molecule has 11 heteroatoms. The van der Waals surface area contributed by atoms with Crippen molar-refractivity contribution < 1.29 is 27.9 Å². The number of halogens is 4. The van der Waals surface area contributed by atoms with Crippen LogP contribution in [0.25, 0.3) is 0 Å². The second-order valence-corrected chi connectivity index (χ2v) is 7.98. The number of para-hydroxylation sites is 1. The van der Waals surface area contributed by atoms with E-state index in [1.165, 1.54) is 42.5 Å². The van der Waals surface area contributed by atoms with Gasteiger partial charge in [-0.1, -0.05) is 34.1 Å². The van der Waals surface area contributed by atoms with Gasteiger partial charge in [0.25, 0.3) is 5.91 Å². The standard InChI is InChI=1S/C22H15BrF3N3O3S/c23-13-8-9-17(15(11-13)20(31)32)28-19(30)12-4-3-5-14(10-12)27-21(33)29-18-7-2-1-6-16(18)22(24,25)26/h1-11H,(H,28,30)(H,31,32)(H2,27,29,33). The van der Waals surface area contributed by atoms with Crippen LogP contribution in [-0.4, -0.2) is 22.1 Å². The van der Waals surface area contributed by atoms with Gasteiger partial charge >= 0.3 is 12.1 Å². The van der Waals surface area contributed by atoms with Crippen molar-refractivity contribution >= 4 is 62.2 Å². The van der Waals surface area contributed by atoms with E-state index in [0.717, 1.165) is 6.07 Å². The number of hydrogen-bond acceptors (Lipinski definition) is 3. The number of aromatic carboxylic acids is 1. The van der Waals surface area contributed by atoms with Crippen LogP contribution in [0.4, 0.5) is 30.2 Å². The van der Waals surface area contributed by atoms with Crippen molar-refractivity contribution in [3.63, 3.8) is 0 Å². The first kappa shape index (κ1) is 24.2. The van der Waals surface area contributed by atoms with Crippen LogP contribution in [0.3, 0.4) is 0 Å². The molecule has 0 atom stereocenters. The maximum Gasteiger partial charge on any atom is 0.418 e. The average molecular weight is 538 g/mol. The summed E-state index contributed by atoms with van der Waals surface area (Å²) in [5.74, 6) is -1.79. The number of carbonyl (C=O) groups is 2. The highest BCUT2D eigenvalue weighted by Gasteiger charge is 2.33. The van der Waals surface area contributed by atoms with Gasteiger partial charge in [0, 0.05) is 15.7 Å². The number of carboxylic acid groups (broad SMARTS) is 1. The second-order valence-electron chi connectivity index (χ2n) is 6.65. The number of amides is 1. The van der Waals surface area contributed by atoms with Gasteiger partial charge in [-0.05, 0) is 60.7 Å². The van der Waals surface area contributed by atoms with Crippen molar-refractivity contribution in [1.82, 2.24) is 0 Å². The summed E-state index contributed by atoms with van der Waals surface area (Å²) in [7, 11) is 0. The van der Waals surface area contributed by atoms with E-state index < -0.39 is 23.6 Å². The Balaban J connectivity index is 1.74. The van der Waals surface area contributed by atoms with Gasteiger partial charge in [0.05, 0.1) is 22.5 Å². The summed E-state index contributed by atoms with van der Waals surface area (Å²) in [6.45, 7) is 0. The Morgan fingerprint density at radius 2 is 1.61 bits per heavy atom. The molecule has 3 aromatic rings. The molecule has 170 valence electrons. The molecule has 4 N–H and O–H groups in total. The molecule has 3 aromatic carbocycles. The molecular weight excluding hydrogens is 523 g/mol. The van der Waals surface area contributed by atoms with Crippen LogP contribution in [0.15, 0.2) is 71.2 Å². The number of rotatable bonds is 5. The van der Waals surface area contributed by atoms with Crippen LogP contribution in [0.5, 0.6) is 0 Å². The number of nitrogens with one attached hydrogen (secondary N) is 3. The molecule has 0 aliphatic heterocycles. The molecule has 0 saturated carbocycles. The number of benzene rings is 3. The molecule has 0 aliphatic carbocycles. The maximum atomic E-state index is 13.2. The Labute approximate surface area is 199 Å². The topological polar surface area (TPSA) is 90.5 Å². The van der Waals surface area contributed by atoms with Gasteiger partial charge in [-0.25, -0.2) is 4.79 Å². The fraction of sp³-hybridized carbons (Fsp3) is 0.0455. The minimum absolute atomic E-state index is 0.0966. The Morgan fingerprint density at radius 1 is 0.879 bits per heavy atom. The zero-order valence-electron chi connectivity index (χ0n) is 16.5. The SMILES string of the molecule is O=C(Nc1ccc(Br)cc1C(=O)O)c1cccc(NC(=S)Nc2ccccc2C(F)(F)F)c1. The third-order valence-electron chi connectivity index (χ3n) is 4.32. The van der Waals surface area contributed by atoms with E-state index in [-0.39, 0.29) is 27.6 Å². The van der Waals surface area contributed by atoms with Crippen LogP contribution < -0.4 is 16.0 Å². The summed E-state index contributed by atoms with van der Waals surface area (Å²) >= 11 is 8.29. The lowest BCUT2D eigenvalue weighted by molar-refractivity contribution is -0.136. The number of hydrogen-bond donors (Lipinski definition) is 4. The lowest BCUT2D eigenvalue weighted by atomic mass is 10.1. The molecule has 1 amide bonds. The molecule has 0 aromatic heterocycles. The van der Waals surface area contributed by atoms with E-state index >= 15 is 0 Å². The minimum Gasteiger partial charge on any atom is -0.478 e. The Hall–Kier alpha value is -3.44. The van der Waals surface area contributed by atoms with Crippen LogP contribution in [0.1, 0.15) is 26.3 Å². The van der Waals surface area contributed by atoms with Gasteiger partial charge in [-0.3, -0.25) is 4.79 Å². The van der Waals surface area contributed by atoms with Crippen molar-refractivity contribution in [3.05, 3.63) is 87.9 Å². The zero-order valence-corrected chi connectivity index (χ0v) is 18.9. The molecule has 0 saturated heterocycles. The molecule has 0 unspecified atom stereocenters. The van der Waals surface area contributed by atoms with E-state index in [1.807, 2.05) is 0 Å². The average Bonchev–Trinajstić information content (AvgIpc) is 2.74. The quantitative estimate of drug-likeness (QED) is 0.288. The Morgan fingerprint density at radius 3 is 2.30 bits per heavy atom. The third-order valence-corrected chi connectivity index (χ3v) is 5.02. The van der Waals surface area contributed by atoms with E-state index in [9.17, 15) is 27.9 Å². The monoisotopic (exact) mass is 537 g/mol. The molecule has 33 heavy (non-hydrogen) atoms. The van der Waals surface area contributed by atoms with Gasteiger partial charge in [-0.15, -0.1) is 0 Å². The highest BCUT2D eigenvalue weighted by Crippen LogP contribution is 2.34. The number of carbonyl (C=O) groups excluding carboxylic acids is 1. The van der Waals surface area contributed by atoms with Gasteiger partial charge in [0.2, 0.25) is 0 Å². The van der Waals surface area contributed by atoms with Crippen molar-refractivity contribution in [2.45, 2.75) is 6.18 Å². The van der Waals surface area contributed by atoms with Gasteiger partial charge < -0.3 is 21.1 Å². The number of thiocarbonyl (C=S) groups is 1. The summed E-state index contributed by atoms with van der Waals surface area (Å²) in [6.07, 6.45) is -4.56. The number of alkyl halides is 3. The van der Waals surface area contributed by atoms with Gasteiger partial charge in [0.15, 0.2) is 5.11 Å². The highest BCUT2D eigenvalue weighted by molar-refractivity contribution is 9.10. The predicted octanol–water partition coefficient (Wildman–Crippen LogP) is 6.23. The van der Waals surface area contributed by atoms with Gasteiger partial charge in [-0.2, -0.15) is 13.2 Å². The molecule has 0 radical (unpaired) electrons. The maximum absolute atomic E-state index is 13.2. The molecule has 6 nitrogen and oxygen atoms in total. The largest absolute Gasteiger partial charge is 0.478 e. The van der Waals surface area contributed by atoms with Crippen molar-refractivity contribution in [2.24, 2.45) is 0 Å². The summed E-state index contributed by atoms with van der Waals surface area (Å²) in [4.78, 5) is 24.1. The van der Waals surface area contributed by atoms with Crippen LogP contribution >= 0.6 is 28.1 Å². The van der Waals surface area contributed by atoms with Crippen molar-refractivity contribution in [2.75, 3.05) is 16.0 Å². The zero-order chi connectivity index (χ0) is 24.2. The minimum atomic E-state index is -4.56. The Bertz CT molecular complexity index is 1230.